The molecular weight excluding hydrogens is 236 g/mol. The van der Waals surface area contributed by atoms with Gasteiger partial charge in [-0.05, 0) is 24.1 Å². The molecule has 0 spiro atoms. The molecule has 0 aliphatic carbocycles. The summed E-state index contributed by atoms with van der Waals surface area (Å²) in [5.74, 6) is 0. The van der Waals surface area contributed by atoms with Crippen LogP contribution in [0.2, 0.25) is 0 Å². The van der Waals surface area contributed by atoms with Gasteiger partial charge in [0.15, 0.2) is 0 Å². The number of pyridine rings is 1. The zero-order chi connectivity index (χ0) is 13.7. The number of aryl methyl sites for hydroxylation is 1. The summed E-state index contributed by atoms with van der Waals surface area (Å²) in [6.45, 7) is 2.13. The van der Waals surface area contributed by atoms with E-state index in [0.717, 1.165) is 11.1 Å². The Bertz CT molecular complexity index is 705. The second-order valence-electron chi connectivity index (χ2n) is 4.33. The van der Waals surface area contributed by atoms with Crippen molar-refractivity contribution >= 4 is 12.2 Å². The normalized spacial score (nSPS) is 10.5. The van der Waals surface area contributed by atoms with E-state index >= 15 is 0 Å². The fraction of sp³-hybridized carbons (Fsp3) is 0.125. The zero-order valence-electron chi connectivity index (χ0n) is 10.7. The number of aromatic nitrogens is 1. The molecule has 0 fully saturated rings. The molecule has 0 bridgehead atoms. The van der Waals surface area contributed by atoms with Gasteiger partial charge in [0.05, 0.1) is 6.07 Å². The standard InChI is InChI=1S/C16H14N2O/c1-13-3-2-4-14(11-13)5-6-15-7-9-18(10-8-17)16(19)12-15/h2-7,9,11-12H,10H2,1H3/b6-5+. The molecule has 94 valence electrons. The van der Waals surface area contributed by atoms with Crippen molar-refractivity contribution in [3.63, 3.8) is 0 Å². The third-order valence-electron chi connectivity index (χ3n) is 2.77. The third kappa shape index (κ3) is 3.43. The Kier molecular flexibility index (Phi) is 3.94. The third-order valence-corrected chi connectivity index (χ3v) is 2.77. The SMILES string of the molecule is Cc1cccc(/C=C/c2ccn(CC#N)c(=O)c2)c1. The highest BCUT2D eigenvalue weighted by Gasteiger charge is 1.95. The Morgan fingerprint density at radius 1 is 1.21 bits per heavy atom. The lowest BCUT2D eigenvalue weighted by molar-refractivity contribution is 0.787. The molecule has 0 saturated carbocycles. The molecule has 3 heteroatoms. The van der Waals surface area contributed by atoms with Crippen molar-refractivity contribution in [2.45, 2.75) is 13.5 Å². The van der Waals surface area contributed by atoms with E-state index < -0.39 is 0 Å². The summed E-state index contributed by atoms with van der Waals surface area (Å²) in [5.41, 5.74) is 2.97. The van der Waals surface area contributed by atoms with Crippen molar-refractivity contribution in [3.05, 3.63) is 69.6 Å². The molecule has 2 rings (SSSR count). The Morgan fingerprint density at radius 3 is 2.58 bits per heavy atom. The summed E-state index contributed by atoms with van der Waals surface area (Å²) in [4.78, 5) is 11.7. The molecule has 0 amide bonds. The first kappa shape index (κ1) is 12.8. The van der Waals surface area contributed by atoms with E-state index in [4.69, 9.17) is 5.26 Å². The smallest absolute Gasteiger partial charge is 0.252 e. The predicted molar refractivity (Wildman–Crippen MR) is 76.4 cm³/mol. The van der Waals surface area contributed by atoms with Gasteiger partial charge in [0.1, 0.15) is 6.54 Å². The lowest BCUT2D eigenvalue weighted by Crippen LogP contribution is -2.17. The van der Waals surface area contributed by atoms with Gasteiger partial charge in [-0.2, -0.15) is 5.26 Å². The number of benzene rings is 1. The molecule has 0 unspecified atom stereocenters. The minimum absolute atomic E-state index is 0.0840. The summed E-state index contributed by atoms with van der Waals surface area (Å²) >= 11 is 0. The van der Waals surface area contributed by atoms with Crippen molar-refractivity contribution in [2.24, 2.45) is 0 Å². The van der Waals surface area contributed by atoms with Crippen LogP contribution in [0.1, 0.15) is 16.7 Å². The van der Waals surface area contributed by atoms with Gasteiger partial charge >= 0.3 is 0 Å². The van der Waals surface area contributed by atoms with Gasteiger partial charge in [0.2, 0.25) is 0 Å². The summed E-state index contributed by atoms with van der Waals surface area (Å²) in [6.07, 6.45) is 5.50. The molecular formula is C16H14N2O. The fourth-order valence-corrected chi connectivity index (χ4v) is 1.80. The first-order valence-corrected chi connectivity index (χ1v) is 6.01. The number of nitrogens with zero attached hydrogens (tertiary/aromatic N) is 2. The Hall–Kier alpha value is -2.60. The minimum atomic E-state index is -0.159. The molecule has 2 aromatic rings. The van der Waals surface area contributed by atoms with Crippen molar-refractivity contribution in [3.8, 4) is 6.07 Å². The highest BCUT2D eigenvalue weighted by molar-refractivity contribution is 5.69. The largest absolute Gasteiger partial charge is 0.302 e. The minimum Gasteiger partial charge on any atom is -0.302 e. The molecule has 0 aliphatic heterocycles. The van der Waals surface area contributed by atoms with Gasteiger partial charge in [0, 0.05) is 12.3 Å². The summed E-state index contributed by atoms with van der Waals surface area (Å²) < 4.78 is 1.38. The van der Waals surface area contributed by atoms with Gasteiger partial charge in [-0.15, -0.1) is 0 Å². The molecule has 1 aromatic carbocycles. The van der Waals surface area contributed by atoms with Crippen LogP contribution in [0.5, 0.6) is 0 Å². The van der Waals surface area contributed by atoms with E-state index in [1.165, 1.54) is 16.2 Å². The molecule has 1 heterocycles. The number of rotatable bonds is 3. The molecule has 19 heavy (non-hydrogen) atoms. The van der Waals surface area contributed by atoms with Crippen molar-refractivity contribution in [1.29, 1.82) is 5.26 Å². The zero-order valence-corrected chi connectivity index (χ0v) is 10.7. The summed E-state index contributed by atoms with van der Waals surface area (Å²) in [6, 6.07) is 13.4. The Morgan fingerprint density at radius 2 is 1.95 bits per heavy atom. The lowest BCUT2D eigenvalue weighted by atomic mass is 10.1. The topological polar surface area (TPSA) is 45.8 Å². The number of nitriles is 1. The molecule has 0 radical (unpaired) electrons. The highest BCUT2D eigenvalue weighted by atomic mass is 16.1. The van der Waals surface area contributed by atoms with E-state index in [2.05, 4.69) is 6.07 Å². The molecule has 1 aromatic heterocycles. The first-order chi connectivity index (χ1) is 9.19. The van der Waals surface area contributed by atoms with Crippen LogP contribution in [0.25, 0.3) is 12.2 Å². The number of hydrogen-bond donors (Lipinski definition) is 0. The van der Waals surface area contributed by atoms with Gasteiger partial charge in [0.25, 0.3) is 5.56 Å². The van der Waals surface area contributed by atoms with Crippen LogP contribution in [-0.2, 0) is 6.54 Å². The first-order valence-electron chi connectivity index (χ1n) is 6.01. The van der Waals surface area contributed by atoms with Gasteiger partial charge in [-0.3, -0.25) is 4.79 Å². The van der Waals surface area contributed by atoms with E-state index in [1.807, 2.05) is 49.4 Å². The lowest BCUT2D eigenvalue weighted by Gasteiger charge is -2.00. The van der Waals surface area contributed by atoms with Crippen LogP contribution < -0.4 is 5.56 Å². The van der Waals surface area contributed by atoms with E-state index in [0.29, 0.717) is 0 Å². The maximum absolute atomic E-state index is 11.7. The van der Waals surface area contributed by atoms with E-state index in [-0.39, 0.29) is 12.1 Å². The van der Waals surface area contributed by atoms with Crippen LogP contribution in [-0.4, -0.2) is 4.57 Å². The molecule has 0 aliphatic rings. The van der Waals surface area contributed by atoms with E-state index in [1.54, 1.807) is 6.20 Å². The monoisotopic (exact) mass is 250 g/mol. The summed E-state index contributed by atoms with van der Waals surface area (Å²) in [5, 5.41) is 8.57. The van der Waals surface area contributed by atoms with Gasteiger partial charge in [-0.25, -0.2) is 0 Å². The average molecular weight is 250 g/mol. The Labute approximate surface area is 112 Å². The quantitative estimate of drug-likeness (QED) is 0.840. The molecule has 0 N–H and O–H groups in total. The Balaban J connectivity index is 2.22. The molecule has 0 saturated heterocycles. The maximum Gasteiger partial charge on any atom is 0.252 e. The van der Waals surface area contributed by atoms with Crippen LogP contribution >= 0.6 is 0 Å². The van der Waals surface area contributed by atoms with Crippen LogP contribution in [0.4, 0.5) is 0 Å². The maximum atomic E-state index is 11.7. The van der Waals surface area contributed by atoms with Crippen LogP contribution in [0.15, 0.2) is 47.4 Å². The molecule has 3 nitrogen and oxygen atoms in total. The average Bonchev–Trinajstić information content (AvgIpc) is 2.39. The highest BCUT2D eigenvalue weighted by Crippen LogP contribution is 2.08. The van der Waals surface area contributed by atoms with Crippen LogP contribution in [0, 0.1) is 18.3 Å². The van der Waals surface area contributed by atoms with Crippen molar-refractivity contribution < 1.29 is 0 Å². The fourth-order valence-electron chi connectivity index (χ4n) is 1.80. The summed E-state index contributed by atoms with van der Waals surface area (Å²) in [7, 11) is 0. The van der Waals surface area contributed by atoms with Crippen molar-refractivity contribution in [1.82, 2.24) is 4.57 Å². The second-order valence-corrected chi connectivity index (χ2v) is 4.33. The van der Waals surface area contributed by atoms with Gasteiger partial charge < -0.3 is 4.57 Å². The van der Waals surface area contributed by atoms with Gasteiger partial charge in [-0.1, -0.05) is 42.0 Å². The number of hydrogen-bond acceptors (Lipinski definition) is 2. The molecule has 0 atom stereocenters. The van der Waals surface area contributed by atoms with Crippen LogP contribution in [0.3, 0.4) is 0 Å². The second kappa shape index (κ2) is 5.83. The van der Waals surface area contributed by atoms with Crippen molar-refractivity contribution in [2.75, 3.05) is 0 Å². The predicted octanol–water partition coefficient (Wildman–Crippen LogP) is 2.85. The van der Waals surface area contributed by atoms with E-state index in [9.17, 15) is 4.79 Å².